The Labute approximate surface area is 100 Å². The van der Waals surface area contributed by atoms with Crippen LogP contribution >= 0.6 is 0 Å². The van der Waals surface area contributed by atoms with Gasteiger partial charge in [0.2, 0.25) is 0 Å². The maximum absolute atomic E-state index is 5.61. The number of ether oxygens (including phenoxy) is 1. The van der Waals surface area contributed by atoms with Crippen LogP contribution in [0.1, 0.15) is 11.3 Å². The van der Waals surface area contributed by atoms with Crippen LogP contribution in [0.3, 0.4) is 0 Å². The van der Waals surface area contributed by atoms with E-state index in [1.807, 2.05) is 37.4 Å². The second-order valence-electron chi connectivity index (χ2n) is 3.84. The number of benzene rings is 1. The summed E-state index contributed by atoms with van der Waals surface area (Å²) in [5, 5.41) is 7.85. The van der Waals surface area contributed by atoms with E-state index < -0.39 is 0 Å². The molecule has 0 aliphatic rings. The fraction of sp³-hybridized carbons (Fsp3) is 0.333. The Bertz CT molecular complexity index is 481. The van der Waals surface area contributed by atoms with Crippen LogP contribution in [0, 0.1) is 6.92 Å². The first kappa shape index (κ1) is 11.6. The minimum Gasteiger partial charge on any atom is -0.492 e. The number of hydrogen-bond acceptors (Lipinski definition) is 4. The fourth-order valence-electron chi connectivity index (χ4n) is 1.50. The molecular weight excluding hydrogens is 216 g/mol. The van der Waals surface area contributed by atoms with E-state index in [4.69, 9.17) is 10.5 Å². The first-order valence-electron chi connectivity index (χ1n) is 5.56. The highest BCUT2D eigenvalue weighted by Crippen LogP contribution is 2.12. The molecule has 0 fully saturated rings. The molecule has 0 bridgehead atoms. The van der Waals surface area contributed by atoms with E-state index in [-0.39, 0.29) is 0 Å². The zero-order valence-corrected chi connectivity index (χ0v) is 9.84. The molecule has 2 N–H and O–H groups in total. The molecule has 0 atom stereocenters. The lowest BCUT2D eigenvalue weighted by atomic mass is 10.2. The molecule has 0 amide bonds. The molecule has 90 valence electrons. The molecule has 2 rings (SSSR count). The van der Waals surface area contributed by atoms with Crippen LogP contribution in [-0.2, 0) is 13.1 Å². The van der Waals surface area contributed by atoms with Gasteiger partial charge in [0.1, 0.15) is 12.4 Å². The fourth-order valence-corrected chi connectivity index (χ4v) is 1.50. The predicted molar refractivity (Wildman–Crippen MR) is 64.6 cm³/mol. The van der Waals surface area contributed by atoms with Crippen molar-refractivity contribution in [3.8, 4) is 5.75 Å². The van der Waals surface area contributed by atoms with Crippen LogP contribution < -0.4 is 10.5 Å². The van der Waals surface area contributed by atoms with Gasteiger partial charge in [0, 0.05) is 12.7 Å². The molecule has 17 heavy (non-hydrogen) atoms. The van der Waals surface area contributed by atoms with Gasteiger partial charge < -0.3 is 10.5 Å². The molecule has 5 nitrogen and oxygen atoms in total. The van der Waals surface area contributed by atoms with Gasteiger partial charge >= 0.3 is 0 Å². The summed E-state index contributed by atoms with van der Waals surface area (Å²) >= 11 is 0. The van der Waals surface area contributed by atoms with Crippen LogP contribution in [0.5, 0.6) is 5.75 Å². The lowest BCUT2D eigenvalue weighted by molar-refractivity contribution is 0.289. The molecule has 0 spiro atoms. The highest BCUT2D eigenvalue weighted by Gasteiger charge is 1.99. The minimum atomic E-state index is 0.415. The van der Waals surface area contributed by atoms with Crippen molar-refractivity contribution in [3.63, 3.8) is 0 Å². The summed E-state index contributed by atoms with van der Waals surface area (Å²) in [5.41, 5.74) is 7.43. The van der Waals surface area contributed by atoms with Gasteiger partial charge in [0.25, 0.3) is 0 Å². The van der Waals surface area contributed by atoms with Crippen LogP contribution in [0.4, 0.5) is 0 Å². The van der Waals surface area contributed by atoms with Gasteiger partial charge in [0.05, 0.1) is 12.2 Å². The number of aryl methyl sites for hydroxylation is 1. The van der Waals surface area contributed by atoms with Crippen LogP contribution in [0.15, 0.2) is 30.5 Å². The standard InChI is InChI=1S/C12H16N4O/c1-10-3-2-4-12(7-10)17-6-5-16-9-11(8-13)14-15-16/h2-4,7,9H,5-6,8,13H2,1H3. The second-order valence-corrected chi connectivity index (χ2v) is 3.84. The molecular formula is C12H16N4O. The highest BCUT2D eigenvalue weighted by molar-refractivity contribution is 5.27. The molecule has 1 aromatic carbocycles. The quantitative estimate of drug-likeness (QED) is 0.839. The highest BCUT2D eigenvalue weighted by atomic mass is 16.5. The van der Waals surface area contributed by atoms with Gasteiger partial charge in [-0.15, -0.1) is 5.10 Å². The molecule has 0 aliphatic heterocycles. The van der Waals surface area contributed by atoms with E-state index in [9.17, 15) is 0 Å². The molecule has 1 heterocycles. The third-order valence-electron chi connectivity index (χ3n) is 2.37. The zero-order valence-electron chi connectivity index (χ0n) is 9.84. The van der Waals surface area contributed by atoms with Crippen molar-refractivity contribution < 1.29 is 4.74 Å². The number of nitrogens with zero attached hydrogens (tertiary/aromatic N) is 3. The van der Waals surface area contributed by atoms with Gasteiger partial charge in [-0.05, 0) is 24.6 Å². The largest absolute Gasteiger partial charge is 0.492 e. The topological polar surface area (TPSA) is 66.0 Å². The number of hydrogen-bond donors (Lipinski definition) is 1. The predicted octanol–water partition coefficient (Wildman–Crippen LogP) is 1.12. The Morgan fingerprint density at radius 3 is 3.00 bits per heavy atom. The van der Waals surface area contributed by atoms with E-state index in [0.29, 0.717) is 19.7 Å². The first-order chi connectivity index (χ1) is 8.28. The Hall–Kier alpha value is -1.88. The van der Waals surface area contributed by atoms with E-state index in [1.54, 1.807) is 4.68 Å². The number of nitrogens with two attached hydrogens (primary N) is 1. The third kappa shape index (κ3) is 3.29. The van der Waals surface area contributed by atoms with E-state index in [0.717, 1.165) is 11.4 Å². The Morgan fingerprint density at radius 2 is 2.29 bits per heavy atom. The van der Waals surface area contributed by atoms with Crippen molar-refractivity contribution in [2.45, 2.75) is 20.0 Å². The average molecular weight is 232 g/mol. The molecule has 0 aliphatic carbocycles. The maximum Gasteiger partial charge on any atom is 0.119 e. The summed E-state index contributed by atoms with van der Waals surface area (Å²) < 4.78 is 7.35. The summed E-state index contributed by atoms with van der Waals surface area (Å²) in [6.07, 6.45) is 1.83. The van der Waals surface area contributed by atoms with Crippen LogP contribution in [0.25, 0.3) is 0 Å². The van der Waals surface area contributed by atoms with Crippen molar-refractivity contribution in [2.75, 3.05) is 6.61 Å². The number of aromatic nitrogens is 3. The summed E-state index contributed by atoms with van der Waals surface area (Å²) in [4.78, 5) is 0. The summed E-state index contributed by atoms with van der Waals surface area (Å²) in [5.74, 6) is 0.879. The van der Waals surface area contributed by atoms with Crippen molar-refractivity contribution >= 4 is 0 Å². The monoisotopic (exact) mass is 232 g/mol. The van der Waals surface area contributed by atoms with E-state index >= 15 is 0 Å². The smallest absolute Gasteiger partial charge is 0.119 e. The van der Waals surface area contributed by atoms with E-state index in [1.165, 1.54) is 5.56 Å². The first-order valence-corrected chi connectivity index (χ1v) is 5.56. The van der Waals surface area contributed by atoms with Crippen molar-refractivity contribution in [1.29, 1.82) is 0 Å². The van der Waals surface area contributed by atoms with Crippen molar-refractivity contribution in [3.05, 3.63) is 41.7 Å². The van der Waals surface area contributed by atoms with Crippen LogP contribution in [-0.4, -0.2) is 21.6 Å². The minimum absolute atomic E-state index is 0.415. The molecule has 0 unspecified atom stereocenters. The maximum atomic E-state index is 5.61. The Morgan fingerprint density at radius 1 is 1.41 bits per heavy atom. The van der Waals surface area contributed by atoms with Crippen molar-refractivity contribution in [1.82, 2.24) is 15.0 Å². The Kier molecular flexibility index (Phi) is 3.72. The van der Waals surface area contributed by atoms with Gasteiger partial charge in [-0.3, -0.25) is 0 Å². The molecule has 2 aromatic rings. The normalized spacial score (nSPS) is 10.5. The van der Waals surface area contributed by atoms with Gasteiger partial charge in [0.15, 0.2) is 0 Å². The van der Waals surface area contributed by atoms with Gasteiger partial charge in [-0.2, -0.15) is 0 Å². The molecule has 5 heteroatoms. The van der Waals surface area contributed by atoms with Gasteiger partial charge in [-0.25, -0.2) is 4.68 Å². The lowest BCUT2D eigenvalue weighted by Crippen LogP contribution is -2.08. The van der Waals surface area contributed by atoms with E-state index in [2.05, 4.69) is 10.3 Å². The zero-order chi connectivity index (χ0) is 12.1. The summed E-state index contributed by atoms with van der Waals surface area (Å²) in [7, 11) is 0. The van der Waals surface area contributed by atoms with Crippen molar-refractivity contribution in [2.24, 2.45) is 5.73 Å². The average Bonchev–Trinajstić information content (AvgIpc) is 2.77. The molecule has 1 aromatic heterocycles. The molecule has 0 radical (unpaired) electrons. The summed E-state index contributed by atoms with van der Waals surface area (Å²) in [6.45, 7) is 3.69. The third-order valence-corrected chi connectivity index (χ3v) is 2.37. The Balaban J connectivity index is 1.83. The molecule has 0 saturated carbocycles. The van der Waals surface area contributed by atoms with Crippen LogP contribution in [0.2, 0.25) is 0 Å². The summed E-state index contributed by atoms with van der Waals surface area (Å²) in [6, 6.07) is 7.97. The van der Waals surface area contributed by atoms with Gasteiger partial charge in [-0.1, -0.05) is 17.3 Å². The second kappa shape index (κ2) is 5.45. The lowest BCUT2D eigenvalue weighted by Gasteiger charge is -2.06. The molecule has 0 saturated heterocycles. The SMILES string of the molecule is Cc1cccc(OCCn2cc(CN)nn2)c1. The number of rotatable bonds is 5.